The minimum absolute atomic E-state index is 0. The van der Waals surface area contributed by atoms with Crippen molar-refractivity contribution in [1.29, 1.82) is 0 Å². The number of fused-ring (bicyclic) bond motifs is 1. The van der Waals surface area contributed by atoms with Gasteiger partial charge in [0.15, 0.2) is 5.69 Å². The number of benzene rings is 2. The SMILES string of the molecule is Cc1ccc(S(=O)(=O)N/N=C/c2ccc(-c3c[n+]4ccccc4n3C)cc2)cc1.[Br-]. The first kappa shape index (κ1) is 21.7. The van der Waals surface area contributed by atoms with Gasteiger partial charge in [-0.15, -0.1) is 0 Å². The van der Waals surface area contributed by atoms with Crippen molar-refractivity contribution in [2.45, 2.75) is 11.8 Å². The maximum absolute atomic E-state index is 12.3. The van der Waals surface area contributed by atoms with Gasteiger partial charge in [0.05, 0.1) is 24.4 Å². The molecule has 0 amide bonds. The maximum Gasteiger partial charge on any atom is 0.286 e. The van der Waals surface area contributed by atoms with Gasteiger partial charge in [0.2, 0.25) is 0 Å². The van der Waals surface area contributed by atoms with Gasteiger partial charge >= 0.3 is 0 Å². The van der Waals surface area contributed by atoms with Crippen LogP contribution in [-0.4, -0.2) is 19.2 Å². The molecule has 154 valence electrons. The standard InChI is InChI=1S/C22H21N4O2S.BrH/c1-17-6-12-20(13-7-17)29(27,28)24-23-15-18-8-10-19(11-9-18)21-16-26-14-4-3-5-22(26)25(21)2;/h3-16,24H,1-2H3;1H/q+1;/p-1/b23-15+;. The molecular weight excluding hydrogens is 464 g/mol. The van der Waals surface area contributed by atoms with Crippen LogP contribution in [0, 0.1) is 6.92 Å². The molecule has 0 bridgehead atoms. The molecule has 0 unspecified atom stereocenters. The van der Waals surface area contributed by atoms with E-state index in [0.29, 0.717) is 0 Å². The van der Waals surface area contributed by atoms with Gasteiger partial charge in [0, 0.05) is 11.6 Å². The lowest BCUT2D eigenvalue weighted by Gasteiger charge is -2.03. The van der Waals surface area contributed by atoms with E-state index >= 15 is 0 Å². The van der Waals surface area contributed by atoms with E-state index in [9.17, 15) is 8.42 Å². The largest absolute Gasteiger partial charge is 1.00 e. The molecule has 0 fully saturated rings. The Bertz CT molecular complexity index is 1300. The van der Waals surface area contributed by atoms with Gasteiger partial charge < -0.3 is 17.0 Å². The van der Waals surface area contributed by atoms with Crippen molar-refractivity contribution in [1.82, 2.24) is 9.40 Å². The minimum atomic E-state index is -3.67. The van der Waals surface area contributed by atoms with Crippen LogP contribution in [0.15, 0.2) is 89.1 Å². The van der Waals surface area contributed by atoms with Crippen LogP contribution < -0.4 is 26.2 Å². The number of hydrogen-bond acceptors (Lipinski definition) is 3. The molecule has 0 radical (unpaired) electrons. The molecule has 2 aromatic heterocycles. The molecule has 1 N–H and O–H groups in total. The van der Waals surface area contributed by atoms with Crippen LogP contribution in [0.3, 0.4) is 0 Å². The third-order valence-electron chi connectivity index (χ3n) is 4.76. The molecule has 0 aliphatic carbocycles. The fraction of sp³-hybridized carbons (Fsp3) is 0.0909. The van der Waals surface area contributed by atoms with Crippen molar-refractivity contribution in [3.8, 4) is 11.3 Å². The zero-order valence-electron chi connectivity index (χ0n) is 16.5. The predicted molar refractivity (Wildman–Crippen MR) is 113 cm³/mol. The fourth-order valence-corrected chi connectivity index (χ4v) is 3.92. The molecule has 0 saturated carbocycles. The Morgan fingerprint density at radius 2 is 1.70 bits per heavy atom. The molecule has 30 heavy (non-hydrogen) atoms. The van der Waals surface area contributed by atoms with Crippen LogP contribution in [0.1, 0.15) is 11.1 Å². The number of halogens is 1. The second kappa shape index (κ2) is 8.81. The average molecular weight is 485 g/mol. The maximum atomic E-state index is 12.3. The molecule has 6 nitrogen and oxygen atoms in total. The molecule has 8 heteroatoms. The molecule has 4 rings (SSSR count). The van der Waals surface area contributed by atoms with Crippen LogP contribution >= 0.6 is 0 Å². The smallest absolute Gasteiger partial charge is 0.286 e. The summed E-state index contributed by atoms with van der Waals surface area (Å²) >= 11 is 0. The molecule has 0 spiro atoms. The van der Waals surface area contributed by atoms with E-state index in [-0.39, 0.29) is 21.9 Å². The van der Waals surface area contributed by atoms with E-state index in [4.69, 9.17) is 0 Å². The van der Waals surface area contributed by atoms with Gasteiger partial charge in [0.1, 0.15) is 6.20 Å². The van der Waals surface area contributed by atoms with Crippen molar-refractivity contribution in [2.24, 2.45) is 12.1 Å². The Morgan fingerprint density at radius 3 is 2.37 bits per heavy atom. The number of aryl methyl sites for hydroxylation is 2. The van der Waals surface area contributed by atoms with E-state index < -0.39 is 10.0 Å². The molecular formula is C22H21BrN4O2S. The lowest BCUT2D eigenvalue weighted by atomic mass is 10.1. The lowest BCUT2D eigenvalue weighted by molar-refractivity contribution is -0.510. The number of aromatic nitrogens is 2. The van der Waals surface area contributed by atoms with Crippen LogP contribution in [-0.2, 0) is 17.1 Å². The van der Waals surface area contributed by atoms with E-state index in [2.05, 4.69) is 31.2 Å². The van der Waals surface area contributed by atoms with Gasteiger partial charge in [-0.25, -0.2) is 13.8 Å². The van der Waals surface area contributed by atoms with Crippen LogP contribution in [0.25, 0.3) is 16.9 Å². The number of pyridine rings is 1. The first-order valence-corrected chi connectivity index (χ1v) is 10.6. The van der Waals surface area contributed by atoms with E-state index in [1.54, 1.807) is 24.3 Å². The quantitative estimate of drug-likeness (QED) is 0.247. The molecule has 2 heterocycles. The fourth-order valence-electron chi connectivity index (χ4n) is 3.13. The summed E-state index contributed by atoms with van der Waals surface area (Å²) in [6, 6.07) is 20.5. The molecule has 2 aromatic carbocycles. The number of rotatable bonds is 5. The summed E-state index contributed by atoms with van der Waals surface area (Å²) in [5.74, 6) is 0. The van der Waals surface area contributed by atoms with E-state index in [1.165, 1.54) is 6.21 Å². The Hall–Kier alpha value is -2.97. The zero-order valence-corrected chi connectivity index (χ0v) is 18.9. The number of nitrogens with zero attached hydrogens (tertiary/aromatic N) is 3. The topological polar surface area (TPSA) is 67.6 Å². The Balaban J connectivity index is 0.00000256. The summed E-state index contributed by atoms with van der Waals surface area (Å²) in [6.45, 7) is 1.91. The summed E-state index contributed by atoms with van der Waals surface area (Å²) in [4.78, 5) is 2.43. The van der Waals surface area contributed by atoms with Crippen molar-refractivity contribution in [3.05, 3.63) is 90.3 Å². The molecule has 0 aliphatic heterocycles. The van der Waals surface area contributed by atoms with Gasteiger partial charge in [-0.1, -0.05) is 35.9 Å². The Morgan fingerprint density at radius 1 is 1.00 bits per heavy atom. The van der Waals surface area contributed by atoms with Gasteiger partial charge in [0.25, 0.3) is 15.7 Å². The average Bonchev–Trinajstić information content (AvgIpc) is 3.06. The highest BCUT2D eigenvalue weighted by molar-refractivity contribution is 7.89. The highest BCUT2D eigenvalue weighted by atomic mass is 79.9. The van der Waals surface area contributed by atoms with Crippen LogP contribution in [0.5, 0.6) is 0 Å². The summed E-state index contributed by atoms with van der Waals surface area (Å²) < 4.78 is 28.7. The highest BCUT2D eigenvalue weighted by Gasteiger charge is 2.15. The van der Waals surface area contributed by atoms with E-state index in [1.807, 2.05) is 56.6 Å². The van der Waals surface area contributed by atoms with Crippen LogP contribution in [0.4, 0.5) is 0 Å². The predicted octanol–water partition coefficient (Wildman–Crippen LogP) is 0.0556. The van der Waals surface area contributed by atoms with Crippen molar-refractivity contribution >= 4 is 21.9 Å². The molecule has 4 aromatic rings. The van der Waals surface area contributed by atoms with Gasteiger partial charge in [-0.3, -0.25) is 0 Å². The van der Waals surface area contributed by atoms with E-state index in [0.717, 1.165) is 28.0 Å². The second-order valence-corrected chi connectivity index (χ2v) is 8.49. The Kier molecular flexibility index (Phi) is 6.38. The van der Waals surface area contributed by atoms with Gasteiger partial charge in [-0.2, -0.15) is 13.5 Å². The number of nitrogens with one attached hydrogen (secondary N) is 1. The van der Waals surface area contributed by atoms with Crippen molar-refractivity contribution < 1.29 is 29.8 Å². The number of imidazole rings is 1. The monoisotopic (exact) mass is 484 g/mol. The summed E-state index contributed by atoms with van der Waals surface area (Å²) in [7, 11) is -1.65. The number of hydrazone groups is 1. The Labute approximate surface area is 186 Å². The minimum Gasteiger partial charge on any atom is -1.00 e. The first-order chi connectivity index (χ1) is 13.9. The summed E-state index contributed by atoms with van der Waals surface area (Å²) in [5, 5.41) is 3.89. The molecule has 0 saturated heterocycles. The lowest BCUT2D eigenvalue weighted by Crippen LogP contribution is -3.00. The van der Waals surface area contributed by atoms with Gasteiger partial charge in [-0.05, 0) is 42.8 Å². The molecule has 0 aliphatic rings. The summed E-state index contributed by atoms with van der Waals surface area (Å²) in [5.41, 5.74) is 5.04. The number of sulfonamides is 1. The normalized spacial score (nSPS) is 11.5. The summed E-state index contributed by atoms with van der Waals surface area (Å²) in [6.07, 6.45) is 5.58. The van der Waals surface area contributed by atoms with Crippen molar-refractivity contribution in [3.63, 3.8) is 0 Å². The number of hydrogen-bond donors (Lipinski definition) is 1. The van der Waals surface area contributed by atoms with Crippen molar-refractivity contribution in [2.75, 3.05) is 0 Å². The second-order valence-electron chi connectivity index (χ2n) is 6.83. The van der Waals surface area contributed by atoms with Crippen LogP contribution in [0.2, 0.25) is 0 Å². The highest BCUT2D eigenvalue weighted by Crippen LogP contribution is 2.19. The molecule has 0 atom stereocenters. The first-order valence-electron chi connectivity index (χ1n) is 9.12. The third kappa shape index (κ3) is 4.44. The zero-order chi connectivity index (χ0) is 20.4. The third-order valence-corrected chi connectivity index (χ3v) is 6.00.